The van der Waals surface area contributed by atoms with Gasteiger partial charge < -0.3 is 4.57 Å². The predicted octanol–water partition coefficient (Wildman–Crippen LogP) is 6.76. The fourth-order valence-corrected chi connectivity index (χ4v) is 3.54. The van der Waals surface area contributed by atoms with Gasteiger partial charge in [0.2, 0.25) is 0 Å². The van der Waals surface area contributed by atoms with Crippen molar-refractivity contribution in [2.45, 2.75) is 97.4 Å². The minimum absolute atomic E-state index is 1.09. The van der Waals surface area contributed by atoms with E-state index in [4.69, 9.17) is 4.98 Å². The van der Waals surface area contributed by atoms with Gasteiger partial charge in [0.05, 0.1) is 5.69 Å². The molecule has 0 fully saturated rings. The van der Waals surface area contributed by atoms with E-state index in [1.165, 1.54) is 74.9 Å². The quantitative estimate of drug-likeness (QED) is 0.343. The molecule has 1 aromatic carbocycles. The number of aryl methyl sites for hydroxylation is 4. The molecule has 2 heteroatoms. The van der Waals surface area contributed by atoms with E-state index in [0.29, 0.717) is 0 Å². The van der Waals surface area contributed by atoms with E-state index in [9.17, 15) is 0 Å². The number of unbranched alkanes of at least 4 members (excludes halogenated alkanes) is 6. The van der Waals surface area contributed by atoms with Gasteiger partial charge in [-0.2, -0.15) is 0 Å². The Bertz CT molecular complexity index is 586. The summed E-state index contributed by atoms with van der Waals surface area (Å²) in [6.07, 6.45) is 17.5. The normalized spacial score (nSPS) is 11.2. The molecule has 0 saturated heterocycles. The third-order valence-electron chi connectivity index (χ3n) is 5.16. The van der Waals surface area contributed by atoms with Crippen molar-refractivity contribution in [3.63, 3.8) is 0 Å². The van der Waals surface area contributed by atoms with E-state index in [-0.39, 0.29) is 0 Å². The molecule has 0 aliphatic carbocycles. The van der Waals surface area contributed by atoms with Gasteiger partial charge in [-0.3, -0.25) is 0 Å². The highest BCUT2D eigenvalue weighted by atomic mass is 15.1. The molecule has 0 unspecified atom stereocenters. The average Bonchev–Trinajstić information content (AvgIpc) is 3.05. The Morgan fingerprint density at radius 1 is 0.731 bits per heavy atom. The van der Waals surface area contributed by atoms with Crippen molar-refractivity contribution in [3.8, 4) is 0 Å². The van der Waals surface area contributed by atoms with Gasteiger partial charge in [0.15, 0.2) is 0 Å². The molecule has 0 aliphatic rings. The van der Waals surface area contributed by atoms with Gasteiger partial charge in [-0.25, -0.2) is 4.98 Å². The predicted molar refractivity (Wildman–Crippen MR) is 113 cm³/mol. The van der Waals surface area contributed by atoms with Crippen molar-refractivity contribution in [1.82, 2.24) is 9.55 Å². The summed E-state index contributed by atoms with van der Waals surface area (Å²) in [6, 6.07) is 10.8. The maximum absolute atomic E-state index is 4.99. The molecule has 0 aliphatic heterocycles. The lowest BCUT2D eigenvalue weighted by atomic mass is 10.1. The van der Waals surface area contributed by atoms with E-state index in [1.807, 2.05) is 0 Å². The maximum Gasteiger partial charge on any atom is 0.108 e. The molecule has 144 valence electrons. The summed E-state index contributed by atoms with van der Waals surface area (Å²) in [7, 11) is 0. The zero-order valence-corrected chi connectivity index (χ0v) is 17.1. The van der Waals surface area contributed by atoms with E-state index < -0.39 is 0 Å². The van der Waals surface area contributed by atoms with Crippen LogP contribution >= 0.6 is 0 Å². The van der Waals surface area contributed by atoms with Crippen LogP contribution < -0.4 is 0 Å². The lowest BCUT2D eigenvalue weighted by Gasteiger charge is -2.06. The van der Waals surface area contributed by atoms with Crippen molar-refractivity contribution >= 4 is 0 Å². The first-order chi connectivity index (χ1) is 12.8. The van der Waals surface area contributed by atoms with Crippen LogP contribution in [0.4, 0.5) is 0 Å². The monoisotopic (exact) mass is 354 g/mol. The Morgan fingerprint density at radius 3 is 2.23 bits per heavy atom. The standard InChI is InChI=1S/C24H38N2/c1-3-5-7-8-9-13-19-24-25-23(21-26(24)20-6-4-2)18-14-17-22-15-11-10-12-16-22/h10-12,15-16,21H,3-9,13-14,17-20H2,1-2H3. The van der Waals surface area contributed by atoms with Crippen LogP contribution in [-0.2, 0) is 25.8 Å². The maximum atomic E-state index is 4.99. The van der Waals surface area contributed by atoms with Crippen molar-refractivity contribution in [3.05, 3.63) is 53.6 Å². The number of imidazole rings is 1. The second-order valence-corrected chi connectivity index (χ2v) is 7.55. The van der Waals surface area contributed by atoms with Gasteiger partial charge in [-0.1, -0.05) is 82.7 Å². The minimum Gasteiger partial charge on any atom is -0.335 e. The summed E-state index contributed by atoms with van der Waals surface area (Å²) in [4.78, 5) is 4.99. The molecule has 0 N–H and O–H groups in total. The van der Waals surface area contributed by atoms with E-state index in [0.717, 1.165) is 25.8 Å². The van der Waals surface area contributed by atoms with Gasteiger partial charge in [-0.05, 0) is 37.7 Å². The summed E-state index contributed by atoms with van der Waals surface area (Å²) in [5.41, 5.74) is 2.73. The molecular weight excluding hydrogens is 316 g/mol. The molecule has 0 saturated carbocycles. The Kier molecular flexibility index (Phi) is 10.2. The summed E-state index contributed by atoms with van der Waals surface area (Å²) in [5, 5.41) is 0. The van der Waals surface area contributed by atoms with Crippen LogP contribution in [0.15, 0.2) is 36.5 Å². The lowest BCUT2D eigenvalue weighted by molar-refractivity contribution is 0.567. The molecule has 0 atom stereocenters. The van der Waals surface area contributed by atoms with Crippen LogP contribution in [0.5, 0.6) is 0 Å². The molecule has 2 rings (SSSR count). The molecular formula is C24H38N2. The second-order valence-electron chi connectivity index (χ2n) is 7.55. The van der Waals surface area contributed by atoms with Crippen LogP contribution in [0.3, 0.4) is 0 Å². The molecule has 1 aromatic heterocycles. The van der Waals surface area contributed by atoms with E-state index >= 15 is 0 Å². The molecule has 2 aromatic rings. The summed E-state index contributed by atoms with van der Waals surface area (Å²) in [5.74, 6) is 1.32. The number of hydrogen-bond donors (Lipinski definition) is 0. The SMILES string of the molecule is CCCCCCCCc1nc(CCCc2ccccc2)cn1CCCC. The Labute approximate surface area is 161 Å². The highest BCUT2D eigenvalue weighted by molar-refractivity contribution is 5.15. The molecule has 0 amide bonds. The third-order valence-corrected chi connectivity index (χ3v) is 5.16. The largest absolute Gasteiger partial charge is 0.335 e. The first-order valence-corrected chi connectivity index (χ1v) is 10.9. The number of nitrogens with zero attached hydrogens (tertiary/aromatic N) is 2. The fourth-order valence-electron chi connectivity index (χ4n) is 3.54. The summed E-state index contributed by atoms with van der Waals surface area (Å²) >= 11 is 0. The van der Waals surface area contributed by atoms with Crippen LogP contribution in [0.25, 0.3) is 0 Å². The first kappa shape index (κ1) is 20.7. The zero-order chi connectivity index (χ0) is 18.5. The highest BCUT2D eigenvalue weighted by Crippen LogP contribution is 2.14. The van der Waals surface area contributed by atoms with Crippen LogP contribution in [0, 0.1) is 0 Å². The topological polar surface area (TPSA) is 17.8 Å². The van der Waals surface area contributed by atoms with Crippen LogP contribution in [-0.4, -0.2) is 9.55 Å². The van der Waals surface area contributed by atoms with E-state index in [2.05, 4.69) is 54.9 Å². The van der Waals surface area contributed by atoms with Crippen molar-refractivity contribution < 1.29 is 0 Å². The number of aromatic nitrogens is 2. The van der Waals surface area contributed by atoms with Crippen molar-refractivity contribution in [2.24, 2.45) is 0 Å². The third kappa shape index (κ3) is 7.76. The van der Waals surface area contributed by atoms with Gasteiger partial charge in [-0.15, -0.1) is 0 Å². The van der Waals surface area contributed by atoms with Crippen molar-refractivity contribution in [2.75, 3.05) is 0 Å². The van der Waals surface area contributed by atoms with E-state index in [1.54, 1.807) is 0 Å². The second kappa shape index (κ2) is 12.7. The van der Waals surface area contributed by atoms with Crippen LogP contribution in [0.2, 0.25) is 0 Å². The zero-order valence-electron chi connectivity index (χ0n) is 17.1. The average molecular weight is 355 g/mol. The Hall–Kier alpha value is -1.57. The molecule has 1 heterocycles. The molecule has 0 radical (unpaired) electrons. The number of rotatable bonds is 14. The first-order valence-electron chi connectivity index (χ1n) is 10.9. The van der Waals surface area contributed by atoms with Gasteiger partial charge in [0.1, 0.15) is 5.82 Å². The minimum atomic E-state index is 1.09. The van der Waals surface area contributed by atoms with Gasteiger partial charge in [0.25, 0.3) is 0 Å². The summed E-state index contributed by atoms with van der Waals surface area (Å²) in [6.45, 7) is 5.68. The van der Waals surface area contributed by atoms with Gasteiger partial charge >= 0.3 is 0 Å². The highest BCUT2D eigenvalue weighted by Gasteiger charge is 2.08. The van der Waals surface area contributed by atoms with Crippen molar-refractivity contribution in [1.29, 1.82) is 0 Å². The molecule has 26 heavy (non-hydrogen) atoms. The Morgan fingerprint density at radius 2 is 1.46 bits per heavy atom. The molecule has 0 spiro atoms. The molecule has 2 nitrogen and oxygen atoms in total. The lowest BCUT2D eigenvalue weighted by Crippen LogP contribution is -2.03. The van der Waals surface area contributed by atoms with Gasteiger partial charge in [0, 0.05) is 19.2 Å². The van der Waals surface area contributed by atoms with Crippen LogP contribution in [0.1, 0.15) is 88.7 Å². The summed E-state index contributed by atoms with van der Waals surface area (Å²) < 4.78 is 2.44. The number of benzene rings is 1. The number of hydrogen-bond acceptors (Lipinski definition) is 1. The molecule has 0 bridgehead atoms. The fraction of sp³-hybridized carbons (Fsp3) is 0.625. The smallest absolute Gasteiger partial charge is 0.108 e. The Balaban J connectivity index is 1.81.